The maximum atomic E-state index is 13.3. The lowest BCUT2D eigenvalue weighted by Crippen LogP contribution is -2.16. The minimum Gasteiger partial charge on any atom is -0.495 e. The topological polar surface area (TPSA) is 274 Å². The predicted octanol–water partition coefficient (Wildman–Crippen LogP) is 3.00. The summed E-state index contributed by atoms with van der Waals surface area (Å²) in [6.07, 6.45) is 0. The number of nitrogens with one attached hydrogen (secondary N) is 2. The van der Waals surface area contributed by atoms with Crippen LogP contribution in [0.1, 0.15) is 20.7 Å². The summed E-state index contributed by atoms with van der Waals surface area (Å²) in [5, 5.41) is 14.3. The molecular weight excluding hydrogens is 662 g/mol. The average molecular weight is 682 g/mol. The molecule has 0 radical (unpaired) electrons. The van der Waals surface area contributed by atoms with Crippen molar-refractivity contribution in [1.29, 1.82) is 0 Å². The molecule has 0 fully saturated rings. The molecule has 0 bridgehead atoms. The number of anilines is 2. The third-order valence-corrected chi connectivity index (χ3v) is 8.76. The SMILES string of the molecule is COc1ccc(C(=O)Nc2ccc(S(=O)(=O)O)c3cc(S(=O)(=O)O)cc(S(=O)(=O)O)c23)cc1NC(=O)c1cccc([N+](=O)[O-])c1. The second-order valence-electron chi connectivity index (χ2n) is 9.01. The molecule has 0 saturated heterocycles. The number of benzene rings is 4. The van der Waals surface area contributed by atoms with Crippen LogP contribution in [0.4, 0.5) is 17.1 Å². The summed E-state index contributed by atoms with van der Waals surface area (Å²) in [4.78, 5) is 33.1. The Kier molecular flexibility index (Phi) is 8.66. The van der Waals surface area contributed by atoms with Gasteiger partial charge in [0.05, 0.1) is 28.3 Å². The van der Waals surface area contributed by atoms with Crippen LogP contribution >= 0.6 is 0 Å². The summed E-state index contributed by atoms with van der Waals surface area (Å²) >= 11 is 0. The highest BCUT2D eigenvalue weighted by Crippen LogP contribution is 2.37. The highest BCUT2D eigenvalue weighted by molar-refractivity contribution is 7.87. The molecule has 45 heavy (non-hydrogen) atoms. The molecule has 17 nitrogen and oxygen atoms in total. The number of hydrogen-bond donors (Lipinski definition) is 5. The fourth-order valence-corrected chi connectivity index (χ4v) is 6.21. The molecule has 4 aromatic rings. The maximum absolute atomic E-state index is 13.3. The van der Waals surface area contributed by atoms with Crippen LogP contribution in [0.25, 0.3) is 10.8 Å². The van der Waals surface area contributed by atoms with E-state index in [1.165, 1.54) is 37.4 Å². The Hall–Kier alpha value is -4.99. The zero-order chi connectivity index (χ0) is 33.5. The summed E-state index contributed by atoms with van der Waals surface area (Å²) in [5.41, 5.74) is -1.24. The quantitative estimate of drug-likeness (QED) is 0.0965. The van der Waals surface area contributed by atoms with Gasteiger partial charge in [-0.2, -0.15) is 25.3 Å². The Morgan fingerprint density at radius 2 is 1.33 bits per heavy atom. The van der Waals surface area contributed by atoms with Gasteiger partial charge in [0, 0.05) is 34.0 Å². The number of methoxy groups -OCH3 is 1. The normalized spacial score (nSPS) is 12.0. The number of nitrogens with zero attached hydrogens (tertiary/aromatic N) is 1. The van der Waals surface area contributed by atoms with Crippen molar-refractivity contribution in [2.24, 2.45) is 0 Å². The van der Waals surface area contributed by atoms with E-state index in [1.54, 1.807) is 0 Å². The highest BCUT2D eigenvalue weighted by Gasteiger charge is 2.27. The van der Waals surface area contributed by atoms with E-state index in [9.17, 15) is 58.6 Å². The molecule has 0 aliphatic carbocycles. The van der Waals surface area contributed by atoms with Crippen molar-refractivity contribution >= 4 is 70.0 Å². The lowest BCUT2D eigenvalue weighted by molar-refractivity contribution is -0.384. The molecule has 0 saturated carbocycles. The second-order valence-corrected chi connectivity index (χ2v) is 13.2. The number of nitro benzene ring substituents is 1. The Morgan fingerprint density at radius 3 is 1.89 bits per heavy atom. The minimum absolute atomic E-state index is 0.0553. The first kappa shape index (κ1) is 32.9. The number of carbonyl (C=O) groups excluding carboxylic acids is 2. The summed E-state index contributed by atoms with van der Waals surface area (Å²) in [6, 6.07) is 10.7. The molecule has 0 unspecified atom stereocenters. The molecule has 0 spiro atoms. The fourth-order valence-electron chi connectivity index (χ4n) is 4.17. The number of ether oxygens (including phenoxy) is 1. The summed E-state index contributed by atoms with van der Waals surface area (Å²) in [7, 11) is -14.5. The van der Waals surface area contributed by atoms with Gasteiger partial charge in [-0.3, -0.25) is 33.4 Å². The summed E-state index contributed by atoms with van der Waals surface area (Å²) in [5.74, 6) is -1.77. The number of hydrogen-bond acceptors (Lipinski definition) is 11. The van der Waals surface area contributed by atoms with Crippen molar-refractivity contribution in [2.45, 2.75) is 14.7 Å². The zero-order valence-electron chi connectivity index (χ0n) is 22.4. The molecule has 4 rings (SSSR count). The van der Waals surface area contributed by atoms with E-state index < -0.39 is 78.2 Å². The molecule has 0 heterocycles. The third kappa shape index (κ3) is 7.06. The minimum atomic E-state index is -5.37. The van der Waals surface area contributed by atoms with Crippen molar-refractivity contribution in [3.63, 3.8) is 0 Å². The van der Waals surface area contributed by atoms with Crippen molar-refractivity contribution in [3.05, 3.63) is 88.0 Å². The standard InChI is InChI=1S/C25H19N3O14S3/c1-42-20-7-5-14(10-19(20)27-24(29)13-3-2-4-15(9-13)28(31)32)25(30)26-18-6-8-21(44(36,37)38)17-11-16(43(33,34)35)12-22(23(17)18)45(39,40)41/h2-12H,1H3,(H,26,30)(H,27,29)(H,33,34,35)(H,36,37,38)(H,39,40,41). The van der Waals surface area contributed by atoms with Crippen LogP contribution in [0, 0.1) is 10.1 Å². The fraction of sp³-hybridized carbons (Fsp3) is 0.0400. The summed E-state index contributed by atoms with van der Waals surface area (Å²) < 4.78 is 106. The molecule has 0 atom stereocenters. The maximum Gasteiger partial charge on any atom is 0.295 e. The number of amides is 2. The highest BCUT2D eigenvalue weighted by atomic mass is 32.2. The smallest absolute Gasteiger partial charge is 0.295 e. The molecule has 4 aromatic carbocycles. The monoisotopic (exact) mass is 681 g/mol. The molecule has 20 heteroatoms. The largest absolute Gasteiger partial charge is 0.495 e. The van der Waals surface area contributed by atoms with Crippen LogP contribution in [-0.4, -0.2) is 62.8 Å². The Balaban J connectivity index is 1.82. The Bertz CT molecular complexity index is 2250. The molecule has 0 aromatic heterocycles. The molecule has 236 valence electrons. The lowest BCUT2D eigenvalue weighted by atomic mass is 10.1. The van der Waals surface area contributed by atoms with E-state index in [4.69, 9.17) is 4.74 Å². The third-order valence-electron chi connectivity index (χ3n) is 6.14. The van der Waals surface area contributed by atoms with Crippen molar-refractivity contribution in [3.8, 4) is 5.75 Å². The van der Waals surface area contributed by atoms with Crippen molar-refractivity contribution in [1.82, 2.24) is 0 Å². The number of non-ortho nitro benzene ring substituents is 1. The average Bonchev–Trinajstić information content (AvgIpc) is 2.95. The van der Waals surface area contributed by atoms with Gasteiger partial charge in [-0.25, -0.2) is 0 Å². The molecular formula is C25H19N3O14S3. The van der Waals surface area contributed by atoms with E-state index in [0.717, 1.165) is 18.2 Å². The predicted molar refractivity (Wildman–Crippen MR) is 155 cm³/mol. The molecule has 2 amide bonds. The lowest BCUT2D eigenvalue weighted by Gasteiger charge is -2.16. The van der Waals surface area contributed by atoms with Crippen LogP contribution in [0.2, 0.25) is 0 Å². The van der Waals surface area contributed by atoms with Crippen molar-refractivity contribution < 1.29 is 58.2 Å². The van der Waals surface area contributed by atoms with E-state index in [0.29, 0.717) is 18.2 Å². The van der Waals surface area contributed by atoms with Gasteiger partial charge in [0.15, 0.2) is 0 Å². The van der Waals surface area contributed by atoms with Gasteiger partial charge in [-0.05, 0) is 48.5 Å². The van der Waals surface area contributed by atoms with Crippen molar-refractivity contribution in [2.75, 3.05) is 17.7 Å². The second kappa shape index (κ2) is 11.8. The van der Waals surface area contributed by atoms with Gasteiger partial charge in [-0.1, -0.05) is 6.07 Å². The van der Waals surface area contributed by atoms with Crippen LogP contribution in [0.5, 0.6) is 5.75 Å². The number of carbonyl (C=O) groups is 2. The molecule has 0 aliphatic rings. The van der Waals surface area contributed by atoms with Gasteiger partial charge in [0.1, 0.15) is 15.5 Å². The van der Waals surface area contributed by atoms with Crippen LogP contribution in [0.15, 0.2) is 81.4 Å². The number of nitro groups is 1. The van der Waals surface area contributed by atoms with Crippen LogP contribution in [-0.2, 0) is 30.4 Å². The van der Waals surface area contributed by atoms with E-state index >= 15 is 0 Å². The summed E-state index contributed by atoms with van der Waals surface area (Å²) in [6.45, 7) is 0. The Labute approximate surface area is 253 Å². The van der Waals surface area contributed by atoms with E-state index in [2.05, 4.69) is 10.6 Å². The first-order chi connectivity index (χ1) is 20.8. The Morgan fingerprint density at radius 1 is 0.733 bits per heavy atom. The first-order valence-corrected chi connectivity index (χ1v) is 16.2. The molecule has 5 N–H and O–H groups in total. The first-order valence-electron chi connectivity index (χ1n) is 11.9. The zero-order valence-corrected chi connectivity index (χ0v) is 24.8. The van der Waals surface area contributed by atoms with Crippen LogP contribution in [0.3, 0.4) is 0 Å². The number of rotatable bonds is 9. The van der Waals surface area contributed by atoms with E-state index in [-0.39, 0.29) is 28.3 Å². The van der Waals surface area contributed by atoms with Crippen LogP contribution < -0.4 is 15.4 Å². The van der Waals surface area contributed by atoms with Gasteiger partial charge < -0.3 is 15.4 Å². The van der Waals surface area contributed by atoms with Gasteiger partial charge in [0.25, 0.3) is 47.9 Å². The van der Waals surface area contributed by atoms with Gasteiger partial charge in [0.2, 0.25) is 0 Å². The van der Waals surface area contributed by atoms with E-state index in [1.807, 2.05) is 0 Å². The van der Waals surface area contributed by atoms with Gasteiger partial charge in [-0.15, -0.1) is 0 Å². The van der Waals surface area contributed by atoms with Gasteiger partial charge >= 0.3 is 0 Å². The number of fused-ring (bicyclic) bond motifs is 1. The molecule has 0 aliphatic heterocycles.